The Morgan fingerprint density at radius 2 is 2.11 bits per heavy atom. The number of hydrogen-bond donors (Lipinski definition) is 2. The lowest BCUT2D eigenvalue weighted by atomic mass is 9.88. The number of aryl methyl sites for hydroxylation is 1. The molecular weight excluding hydrogens is 252 g/mol. The number of fused-ring (bicyclic) bond motifs is 1. The summed E-state index contributed by atoms with van der Waals surface area (Å²) in [5.74, 6) is 0. The van der Waals surface area contributed by atoms with Gasteiger partial charge in [-0.2, -0.15) is 12.7 Å². The van der Waals surface area contributed by atoms with Gasteiger partial charge >= 0.3 is 0 Å². The normalized spacial score (nSPS) is 19.8. The quantitative estimate of drug-likeness (QED) is 0.838. The lowest BCUT2D eigenvalue weighted by molar-refractivity contribution is 0.216. The van der Waals surface area contributed by atoms with Gasteiger partial charge in [-0.15, -0.1) is 0 Å². The Bertz CT molecular complexity index is 516. The molecule has 0 saturated heterocycles. The van der Waals surface area contributed by atoms with Crippen molar-refractivity contribution in [3.8, 4) is 0 Å². The van der Waals surface area contributed by atoms with Crippen molar-refractivity contribution in [2.75, 3.05) is 13.2 Å². The standard InChI is InChI=1S/C12H18N2O3S/c13-18(16,17)14(8-9-15)12-7-3-5-10-4-1-2-6-11(10)12/h1-2,4,6,12,15H,3,5,7-9H2,(H2,13,16,17). The molecule has 6 heteroatoms. The molecule has 1 atom stereocenters. The number of rotatable bonds is 4. The molecule has 0 saturated carbocycles. The first-order valence-corrected chi connectivity index (χ1v) is 7.52. The number of aliphatic hydroxyl groups excluding tert-OH is 1. The molecule has 0 aromatic heterocycles. The molecule has 0 heterocycles. The minimum atomic E-state index is -3.80. The summed E-state index contributed by atoms with van der Waals surface area (Å²) >= 11 is 0. The van der Waals surface area contributed by atoms with Gasteiger partial charge in [0.25, 0.3) is 10.2 Å². The third kappa shape index (κ3) is 2.72. The summed E-state index contributed by atoms with van der Waals surface area (Å²) in [5, 5.41) is 14.3. The summed E-state index contributed by atoms with van der Waals surface area (Å²) in [7, 11) is -3.80. The highest BCUT2D eigenvalue weighted by atomic mass is 32.2. The van der Waals surface area contributed by atoms with Crippen LogP contribution < -0.4 is 5.14 Å². The molecule has 5 nitrogen and oxygen atoms in total. The first kappa shape index (κ1) is 13.5. The second-order valence-electron chi connectivity index (χ2n) is 4.49. The van der Waals surface area contributed by atoms with Gasteiger partial charge in [-0.3, -0.25) is 0 Å². The molecule has 100 valence electrons. The van der Waals surface area contributed by atoms with Crippen LogP contribution in [0.2, 0.25) is 0 Å². The van der Waals surface area contributed by atoms with Gasteiger partial charge in [0.1, 0.15) is 0 Å². The first-order valence-electron chi connectivity index (χ1n) is 6.02. The molecule has 18 heavy (non-hydrogen) atoms. The zero-order valence-corrected chi connectivity index (χ0v) is 10.9. The predicted octanol–water partition coefficient (Wildman–Crippen LogP) is 0.562. The first-order chi connectivity index (χ1) is 8.54. The average molecular weight is 270 g/mol. The van der Waals surface area contributed by atoms with E-state index in [1.54, 1.807) is 0 Å². The van der Waals surface area contributed by atoms with E-state index in [1.807, 2.05) is 24.3 Å². The molecule has 3 N–H and O–H groups in total. The summed E-state index contributed by atoms with van der Waals surface area (Å²) in [6.07, 6.45) is 2.64. The van der Waals surface area contributed by atoms with Gasteiger partial charge < -0.3 is 5.11 Å². The maximum Gasteiger partial charge on any atom is 0.277 e. The van der Waals surface area contributed by atoms with Gasteiger partial charge in [-0.25, -0.2) is 5.14 Å². The van der Waals surface area contributed by atoms with Crippen LogP contribution in [0.25, 0.3) is 0 Å². The summed E-state index contributed by atoms with van der Waals surface area (Å²) in [5.41, 5.74) is 2.17. The lowest BCUT2D eigenvalue weighted by Crippen LogP contribution is -2.42. The van der Waals surface area contributed by atoms with Crippen molar-refractivity contribution in [1.82, 2.24) is 4.31 Å². The van der Waals surface area contributed by atoms with Crippen LogP contribution in [0.5, 0.6) is 0 Å². The maximum atomic E-state index is 11.6. The van der Waals surface area contributed by atoms with E-state index in [9.17, 15) is 8.42 Å². The highest BCUT2D eigenvalue weighted by molar-refractivity contribution is 7.86. The van der Waals surface area contributed by atoms with Crippen molar-refractivity contribution < 1.29 is 13.5 Å². The fourth-order valence-electron chi connectivity index (χ4n) is 2.59. The molecule has 1 unspecified atom stereocenters. The van der Waals surface area contributed by atoms with Gasteiger partial charge in [-0.1, -0.05) is 24.3 Å². The SMILES string of the molecule is NS(=O)(=O)N(CCO)C1CCCc2ccccc21. The fourth-order valence-corrected chi connectivity index (χ4v) is 3.50. The van der Waals surface area contributed by atoms with E-state index in [-0.39, 0.29) is 19.2 Å². The van der Waals surface area contributed by atoms with E-state index in [4.69, 9.17) is 10.2 Å². The minimum Gasteiger partial charge on any atom is -0.395 e. The summed E-state index contributed by atoms with van der Waals surface area (Å²) in [4.78, 5) is 0. The van der Waals surface area contributed by atoms with Gasteiger partial charge in [0.05, 0.1) is 12.6 Å². The molecule has 0 amide bonds. The van der Waals surface area contributed by atoms with Crippen LogP contribution in [-0.4, -0.2) is 31.0 Å². The average Bonchev–Trinajstić information content (AvgIpc) is 2.34. The third-order valence-electron chi connectivity index (χ3n) is 3.33. The number of nitrogens with two attached hydrogens (primary N) is 1. The molecule has 0 radical (unpaired) electrons. The number of benzene rings is 1. The van der Waals surface area contributed by atoms with Gasteiger partial charge in [0.15, 0.2) is 0 Å². The summed E-state index contributed by atoms with van der Waals surface area (Å²) in [6.45, 7) is -0.188. The molecule has 0 aliphatic heterocycles. The molecular formula is C12H18N2O3S. The Hall–Kier alpha value is -0.950. The van der Waals surface area contributed by atoms with Crippen LogP contribution in [0.1, 0.15) is 30.0 Å². The zero-order chi connectivity index (χ0) is 13.2. The second kappa shape index (κ2) is 5.36. The molecule has 0 fully saturated rings. The molecule has 0 spiro atoms. The highest BCUT2D eigenvalue weighted by Crippen LogP contribution is 2.34. The predicted molar refractivity (Wildman–Crippen MR) is 69.0 cm³/mol. The van der Waals surface area contributed by atoms with E-state index in [0.717, 1.165) is 24.8 Å². The van der Waals surface area contributed by atoms with Crippen molar-refractivity contribution in [3.05, 3.63) is 35.4 Å². The zero-order valence-electron chi connectivity index (χ0n) is 10.1. The van der Waals surface area contributed by atoms with Crippen LogP contribution in [0, 0.1) is 0 Å². The van der Waals surface area contributed by atoms with E-state index in [2.05, 4.69) is 0 Å². The van der Waals surface area contributed by atoms with E-state index in [0.29, 0.717) is 0 Å². The monoisotopic (exact) mass is 270 g/mol. The number of aliphatic hydroxyl groups is 1. The Labute approximate surface area is 107 Å². The molecule has 1 aromatic rings. The van der Waals surface area contributed by atoms with Gasteiger partial charge in [-0.05, 0) is 30.4 Å². The van der Waals surface area contributed by atoms with E-state index < -0.39 is 10.2 Å². The van der Waals surface area contributed by atoms with Crippen molar-refractivity contribution in [1.29, 1.82) is 0 Å². The topological polar surface area (TPSA) is 83.6 Å². The van der Waals surface area contributed by atoms with Crippen LogP contribution in [-0.2, 0) is 16.6 Å². The molecule has 1 aliphatic rings. The molecule has 0 bridgehead atoms. The smallest absolute Gasteiger partial charge is 0.277 e. The lowest BCUT2D eigenvalue weighted by Gasteiger charge is -2.33. The van der Waals surface area contributed by atoms with E-state index in [1.165, 1.54) is 9.87 Å². The van der Waals surface area contributed by atoms with E-state index >= 15 is 0 Å². The second-order valence-corrected chi connectivity index (χ2v) is 5.99. The van der Waals surface area contributed by atoms with Gasteiger partial charge in [0.2, 0.25) is 0 Å². The molecule has 1 aliphatic carbocycles. The Morgan fingerprint density at radius 3 is 2.78 bits per heavy atom. The third-order valence-corrected chi connectivity index (χ3v) is 4.42. The van der Waals surface area contributed by atoms with Crippen LogP contribution in [0.4, 0.5) is 0 Å². The molecule has 2 rings (SSSR count). The molecule has 1 aromatic carbocycles. The van der Waals surface area contributed by atoms with Crippen molar-refractivity contribution >= 4 is 10.2 Å². The highest BCUT2D eigenvalue weighted by Gasteiger charge is 2.31. The number of nitrogens with zero attached hydrogens (tertiary/aromatic N) is 1. The number of hydrogen-bond acceptors (Lipinski definition) is 3. The minimum absolute atomic E-state index is 0.0395. The van der Waals surface area contributed by atoms with Crippen molar-refractivity contribution in [2.45, 2.75) is 25.3 Å². The van der Waals surface area contributed by atoms with Crippen LogP contribution in [0.3, 0.4) is 0 Å². The summed E-state index contributed by atoms with van der Waals surface area (Å²) < 4.78 is 24.4. The van der Waals surface area contributed by atoms with Crippen LogP contribution >= 0.6 is 0 Å². The fraction of sp³-hybridized carbons (Fsp3) is 0.500. The Balaban J connectivity index is 2.39. The van der Waals surface area contributed by atoms with Gasteiger partial charge in [0, 0.05) is 6.54 Å². The Morgan fingerprint density at radius 1 is 1.39 bits per heavy atom. The van der Waals surface area contributed by atoms with Crippen LogP contribution in [0.15, 0.2) is 24.3 Å². The largest absolute Gasteiger partial charge is 0.395 e. The van der Waals surface area contributed by atoms with Crippen molar-refractivity contribution in [3.63, 3.8) is 0 Å². The maximum absolute atomic E-state index is 11.6. The summed E-state index contributed by atoms with van der Waals surface area (Å²) in [6, 6.07) is 7.56. The Kier molecular flexibility index (Phi) is 4.01. The van der Waals surface area contributed by atoms with Crippen molar-refractivity contribution in [2.24, 2.45) is 5.14 Å².